The molecule has 4 rings (SSSR count). The summed E-state index contributed by atoms with van der Waals surface area (Å²) in [5.41, 5.74) is 1.04. The van der Waals surface area contributed by atoms with Gasteiger partial charge >= 0.3 is 0 Å². The van der Waals surface area contributed by atoms with Crippen LogP contribution in [0.25, 0.3) is 10.8 Å². The molecule has 2 unspecified atom stereocenters. The summed E-state index contributed by atoms with van der Waals surface area (Å²) in [6.45, 7) is 6.06. The number of halogens is 2. The van der Waals surface area contributed by atoms with Gasteiger partial charge in [-0.05, 0) is 78.9 Å². The van der Waals surface area contributed by atoms with E-state index in [0.717, 1.165) is 36.2 Å². The van der Waals surface area contributed by atoms with Gasteiger partial charge in [0.1, 0.15) is 12.4 Å². The minimum atomic E-state index is -0.616. The van der Waals surface area contributed by atoms with Gasteiger partial charge in [0.25, 0.3) is 0 Å². The molecule has 0 saturated heterocycles. The van der Waals surface area contributed by atoms with Gasteiger partial charge in [0.15, 0.2) is 11.6 Å². The lowest BCUT2D eigenvalue weighted by Gasteiger charge is -2.42. The topological polar surface area (TPSA) is 9.23 Å². The number of hydrogen-bond acceptors (Lipinski definition) is 1. The zero-order chi connectivity index (χ0) is 22.5. The average Bonchev–Trinajstić information content (AvgIpc) is 2.80. The molecule has 0 spiro atoms. The molecule has 2 aromatic rings. The fourth-order valence-corrected chi connectivity index (χ4v) is 6.28. The predicted octanol–water partition coefficient (Wildman–Crippen LogP) is 8.95. The normalized spacial score (nSPS) is 25.5. The van der Waals surface area contributed by atoms with E-state index in [1.807, 2.05) is 6.07 Å². The van der Waals surface area contributed by atoms with Crippen molar-refractivity contribution in [1.82, 2.24) is 0 Å². The number of hydrogen-bond donors (Lipinski definition) is 0. The lowest BCUT2D eigenvalue weighted by atomic mass is 9.63. The van der Waals surface area contributed by atoms with Crippen LogP contribution in [0.15, 0.2) is 36.9 Å². The van der Waals surface area contributed by atoms with E-state index in [2.05, 4.69) is 13.5 Å². The molecule has 3 heteroatoms. The van der Waals surface area contributed by atoms with Gasteiger partial charge in [-0.25, -0.2) is 8.78 Å². The largest absolute Gasteiger partial charge is 0.486 e. The lowest BCUT2D eigenvalue weighted by Crippen LogP contribution is -2.30. The highest BCUT2D eigenvalue weighted by molar-refractivity contribution is 5.86. The first kappa shape index (κ1) is 23.3. The van der Waals surface area contributed by atoms with E-state index in [4.69, 9.17) is 4.74 Å². The first-order valence-corrected chi connectivity index (χ1v) is 12.8. The second kappa shape index (κ2) is 10.8. The third-order valence-electron chi connectivity index (χ3n) is 8.01. The fraction of sp³-hybridized carbons (Fsp3) is 0.586. The molecule has 0 heterocycles. The minimum absolute atomic E-state index is 0.0348. The maximum Gasteiger partial charge on any atom is 0.175 e. The quantitative estimate of drug-likeness (QED) is 0.279. The van der Waals surface area contributed by atoms with Gasteiger partial charge in [-0.3, -0.25) is 0 Å². The van der Waals surface area contributed by atoms with Crippen LogP contribution in [0.2, 0.25) is 0 Å². The van der Waals surface area contributed by atoms with E-state index in [9.17, 15) is 4.39 Å². The molecule has 32 heavy (non-hydrogen) atoms. The van der Waals surface area contributed by atoms with Gasteiger partial charge in [-0.2, -0.15) is 0 Å². The molecule has 2 aliphatic rings. The highest BCUT2D eigenvalue weighted by atomic mass is 19.1. The molecule has 0 aliphatic heterocycles. The molecule has 2 aliphatic carbocycles. The van der Waals surface area contributed by atoms with Gasteiger partial charge in [-0.1, -0.05) is 70.2 Å². The van der Waals surface area contributed by atoms with Crippen LogP contribution in [-0.4, -0.2) is 6.61 Å². The molecule has 0 N–H and O–H groups in total. The summed E-state index contributed by atoms with van der Waals surface area (Å²) >= 11 is 0. The van der Waals surface area contributed by atoms with Gasteiger partial charge in [0.05, 0.1) is 5.39 Å². The van der Waals surface area contributed by atoms with Crippen molar-refractivity contribution in [2.75, 3.05) is 6.61 Å². The van der Waals surface area contributed by atoms with Crippen molar-refractivity contribution in [3.05, 3.63) is 54.1 Å². The Bertz CT molecular complexity index is 921. The lowest BCUT2D eigenvalue weighted by molar-refractivity contribution is 0.113. The van der Waals surface area contributed by atoms with Crippen LogP contribution in [0.4, 0.5) is 8.78 Å². The molecule has 1 nitrogen and oxygen atoms in total. The minimum Gasteiger partial charge on any atom is -0.486 e. The van der Waals surface area contributed by atoms with Gasteiger partial charge < -0.3 is 4.74 Å². The Labute approximate surface area is 192 Å². The average molecular weight is 441 g/mol. The summed E-state index contributed by atoms with van der Waals surface area (Å²) in [5.74, 6) is 1.91. The maximum absolute atomic E-state index is 15.0. The Morgan fingerprint density at radius 2 is 1.81 bits per heavy atom. The second-order valence-corrected chi connectivity index (χ2v) is 10.1. The molecule has 2 saturated carbocycles. The van der Waals surface area contributed by atoms with Crippen molar-refractivity contribution in [2.24, 2.45) is 17.8 Å². The van der Waals surface area contributed by atoms with Crippen molar-refractivity contribution in [3.63, 3.8) is 0 Å². The van der Waals surface area contributed by atoms with Crippen molar-refractivity contribution in [1.29, 1.82) is 0 Å². The van der Waals surface area contributed by atoms with E-state index in [0.29, 0.717) is 11.3 Å². The van der Waals surface area contributed by atoms with Crippen LogP contribution in [0, 0.1) is 29.4 Å². The first-order chi connectivity index (χ1) is 15.6. The summed E-state index contributed by atoms with van der Waals surface area (Å²) in [7, 11) is 0. The molecule has 2 fully saturated rings. The summed E-state index contributed by atoms with van der Waals surface area (Å²) in [6, 6.07) is 6.96. The number of benzene rings is 2. The van der Waals surface area contributed by atoms with Gasteiger partial charge in [0.2, 0.25) is 0 Å². The Morgan fingerprint density at radius 1 is 1.00 bits per heavy atom. The molecule has 4 atom stereocenters. The number of fused-ring (bicyclic) bond motifs is 2. The van der Waals surface area contributed by atoms with E-state index in [1.54, 1.807) is 24.3 Å². The smallest absolute Gasteiger partial charge is 0.175 e. The number of unbranched alkanes of at least 4 members (excludes halogenated alkanes) is 3. The van der Waals surface area contributed by atoms with Crippen LogP contribution in [0.5, 0.6) is 5.75 Å². The molecule has 0 aromatic heterocycles. The molecule has 2 aromatic carbocycles. The zero-order valence-corrected chi connectivity index (χ0v) is 19.6. The van der Waals surface area contributed by atoms with Crippen molar-refractivity contribution in [2.45, 2.75) is 83.5 Å². The van der Waals surface area contributed by atoms with Crippen LogP contribution in [0.3, 0.4) is 0 Å². The molecule has 0 amide bonds. The number of rotatable bonds is 9. The highest BCUT2D eigenvalue weighted by Crippen LogP contribution is 2.49. The zero-order valence-electron chi connectivity index (χ0n) is 19.6. The van der Waals surface area contributed by atoms with Crippen molar-refractivity contribution < 1.29 is 13.5 Å². The second-order valence-electron chi connectivity index (χ2n) is 10.1. The Balaban J connectivity index is 1.42. The van der Waals surface area contributed by atoms with Crippen molar-refractivity contribution >= 4 is 10.8 Å². The molecule has 0 radical (unpaired) electrons. The first-order valence-electron chi connectivity index (χ1n) is 12.8. The van der Waals surface area contributed by atoms with Gasteiger partial charge in [-0.15, -0.1) is 0 Å². The molecular formula is C29H38F2O. The van der Waals surface area contributed by atoms with Crippen LogP contribution in [-0.2, 0) is 0 Å². The monoisotopic (exact) mass is 440 g/mol. The third-order valence-corrected chi connectivity index (χ3v) is 8.01. The van der Waals surface area contributed by atoms with Crippen molar-refractivity contribution in [3.8, 4) is 5.75 Å². The summed E-state index contributed by atoms with van der Waals surface area (Å²) < 4.78 is 35.2. The molecule has 174 valence electrons. The summed E-state index contributed by atoms with van der Waals surface area (Å²) in [6.07, 6.45) is 16.0. The standard InChI is InChI=1S/C29H38F2O/c1-3-5-6-7-8-20-9-10-22-17-23(12-11-21(22)16-20)25-18-24-13-14-27(32-15-4-2)29(31)28(24)26(30)19-25/h4,13-14,18-23H,2-3,5-12,15-17H2,1H3/t20?,21-,22?,23-/m1/s1. The Hall–Kier alpha value is -1.90. The van der Waals surface area contributed by atoms with Crippen LogP contribution < -0.4 is 4.74 Å². The van der Waals surface area contributed by atoms with E-state index < -0.39 is 11.6 Å². The summed E-state index contributed by atoms with van der Waals surface area (Å²) in [4.78, 5) is 0. The SMILES string of the molecule is C=CCOc1ccc2cc([C@@H]3CC[C@@H]4CC(CCCCCC)CCC4C3)cc(F)c2c1F. The molecule has 0 bridgehead atoms. The van der Waals surface area contributed by atoms with Crippen LogP contribution in [0.1, 0.15) is 89.0 Å². The van der Waals surface area contributed by atoms with E-state index in [-0.39, 0.29) is 17.7 Å². The summed E-state index contributed by atoms with van der Waals surface area (Å²) in [5, 5.41) is 0.661. The van der Waals surface area contributed by atoms with Gasteiger partial charge in [0, 0.05) is 0 Å². The Kier molecular flexibility index (Phi) is 7.86. The van der Waals surface area contributed by atoms with E-state index >= 15 is 4.39 Å². The third kappa shape index (κ3) is 5.18. The van der Waals surface area contributed by atoms with E-state index in [1.165, 1.54) is 57.8 Å². The fourth-order valence-electron chi connectivity index (χ4n) is 6.28. The highest BCUT2D eigenvalue weighted by Gasteiger charge is 2.36. The predicted molar refractivity (Wildman–Crippen MR) is 129 cm³/mol. The Morgan fingerprint density at radius 3 is 2.62 bits per heavy atom. The number of ether oxygens (including phenoxy) is 1. The maximum atomic E-state index is 15.0. The van der Waals surface area contributed by atoms with Crippen LogP contribution >= 0.6 is 0 Å². The molecular weight excluding hydrogens is 402 g/mol.